The number of nitrogens with two attached hydrogens (primary N) is 1. The van der Waals surface area contributed by atoms with Crippen LogP contribution in [0.4, 0.5) is 0 Å². The van der Waals surface area contributed by atoms with Crippen molar-refractivity contribution in [3.8, 4) is 11.9 Å². The zero-order valence-electron chi connectivity index (χ0n) is 12.1. The van der Waals surface area contributed by atoms with Gasteiger partial charge in [-0.05, 0) is 38.3 Å². The van der Waals surface area contributed by atoms with Gasteiger partial charge in [0.1, 0.15) is 11.6 Å². The first-order valence-electron chi connectivity index (χ1n) is 7.59. The van der Waals surface area contributed by atoms with Crippen LogP contribution in [0.5, 0.6) is 5.88 Å². The Morgan fingerprint density at radius 1 is 1.52 bits per heavy atom. The first-order valence-corrected chi connectivity index (χ1v) is 7.59. The fourth-order valence-corrected chi connectivity index (χ4v) is 4.44. The summed E-state index contributed by atoms with van der Waals surface area (Å²) in [6.07, 6.45) is 3.05. The average molecular weight is 285 g/mol. The molecule has 0 saturated carbocycles. The summed E-state index contributed by atoms with van der Waals surface area (Å²) < 4.78 is 5.63. The second kappa shape index (κ2) is 4.25. The molecule has 4 aliphatic rings. The van der Waals surface area contributed by atoms with Crippen molar-refractivity contribution in [1.29, 1.82) is 5.26 Å². The number of aryl methyl sites for hydroxylation is 1. The molecule has 6 heteroatoms. The van der Waals surface area contributed by atoms with Gasteiger partial charge in [-0.3, -0.25) is 5.10 Å². The van der Waals surface area contributed by atoms with Crippen LogP contribution < -0.4 is 10.5 Å². The summed E-state index contributed by atoms with van der Waals surface area (Å²) in [6.45, 7) is 5.17. The van der Waals surface area contributed by atoms with E-state index in [1.165, 1.54) is 0 Å². The Balaban J connectivity index is 1.99. The third kappa shape index (κ3) is 1.47. The summed E-state index contributed by atoms with van der Waals surface area (Å²) >= 11 is 0. The van der Waals surface area contributed by atoms with Crippen molar-refractivity contribution in [2.45, 2.75) is 31.6 Å². The molecule has 5 rings (SSSR count). The van der Waals surface area contributed by atoms with Gasteiger partial charge in [-0.15, -0.1) is 5.10 Å². The highest BCUT2D eigenvalue weighted by Crippen LogP contribution is 2.54. The monoisotopic (exact) mass is 285 g/mol. The number of hydrogen-bond donors (Lipinski definition) is 2. The molecule has 3 saturated heterocycles. The second-order valence-corrected chi connectivity index (χ2v) is 6.21. The molecule has 1 aromatic heterocycles. The Labute approximate surface area is 123 Å². The van der Waals surface area contributed by atoms with E-state index in [9.17, 15) is 5.26 Å². The molecule has 0 aromatic carbocycles. The van der Waals surface area contributed by atoms with E-state index >= 15 is 0 Å². The van der Waals surface area contributed by atoms with E-state index in [0.29, 0.717) is 17.4 Å². The van der Waals surface area contributed by atoms with Gasteiger partial charge >= 0.3 is 0 Å². The maximum atomic E-state index is 9.72. The summed E-state index contributed by atoms with van der Waals surface area (Å²) in [4.78, 5) is 2.44. The van der Waals surface area contributed by atoms with Crippen LogP contribution in [0.1, 0.15) is 31.0 Å². The zero-order valence-corrected chi connectivity index (χ0v) is 12.1. The van der Waals surface area contributed by atoms with Gasteiger partial charge in [0.2, 0.25) is 11.8 Å². The summed E-state index contributed by atoms with van der Waals surface area (Å²) in [7, 11) is 0. The predicted molar refractivity (Wildman–Crippen MR) is 76.3 cm³/mol. The standard InChI is InChI=1S/C15H19N5O/c1-2-11-12-14(19-18-11)21-13(17)10(7-16)15(12)8-20-5-3-9(15)4-6-20/h9H,2-6,8,17H2,1H3,(H,18,19). The van der Waals surface area contributed by atoms with Crippen LogP contribution in [0.2, 0.25) is 0 Å². The van der Waals surface area contributed by atoms with Crippen LogP contribution >= 0.6 is 0 Å². The first-order chi connectivity index (χ1) is 10.2. The van der Waals surface area contributed by atoms with Crippen molar-refractivity contribution in [2.24, 2.45) is 11.7 Å². The Bertz CT molecular complexity index is 662. The maximum absolute atomic E-state index is 9.72. The molecular formula is C15H19N5O. The summed E-state index contributed by atoms with van der Waals surface area (Å²) in [6, 6.07) is 2.34. The van der Waals surface area contributed by atoms with Gasteiger partial charge in [0.15, 0.2) is 0 Å². The molecule has 1 spiro atoms. The van der Waals surface area contributed by atoms with Gasteiger partial charge < -0.3 is 15.4 Å². The van der Waals surface area contributed by atoms with Crippen molar-refractivity contribution in [3.05, 3.63) is 22.7 Å². The van der Waals surface area contributed by atoms with Gasteiger partial charge in [0.25, 0.3) is 0 Å². The number of aromatic nitrogens is 2. The fourth-order valence-electron chi connectivity index (χ4n) is 4.44. The van der Waals surface area contributed by atoms with E-state index in [-0.39, 0.29) is 11.3 Å². The Hall–Kier alpha value is -2.00. The Morgan fingerprint density at radius 2 is 2.29 bits per heavy atom. The van der Waals surface area contributed by atoms with Gasteiger partial charge in [-0.25, -0.2) is 0 Å². The SMILES string of the molecule is CCc1[nH]nc2c1C1(CN3CCC1CC3)C(C#N)=C(N)O2. The molecule has 4 aliphatic heterocycles. The Kier molecular flexibility index (Phi) is 2.57. The Morgan fingerprint density at radius 3 is 2.86 bits per heavy atom. The molecule has 0 radical (unpaired) electrons. The van der Waals surface area contributed by atoms with Crippen LogP contribution in [-0.4, -0.2) is 34.7 Å². The first kappa shape index (κ1) is 12.7. The van der Waals surface area contributed by atoms with Crippen LogP contribution in [0.3, 0.4) is 0 Å². The third-order valence-corrected chi connectivity index (χ3v) is 5.38. The van der Waals surface area contributed by atoms with Crippen LogP contribution in [0.25, 0.3) is 0 Å². The minimum atomic E-state index is -0.332. The van der Waals surface area contributed by atoms with Crippen molar-refractivity contribution in [2.75, 3.05) is 19.6 Å². The molecule has 5 heterocycles. The molecule has 1 aromatic rings. The summed E-state index contributed by atoms with van der Waals surface area (Å²) in [5.41, 5.74) is 8.46. The molecular weight excluding hydrogens is 266 g/mol. The van der Waals surface area contributed by atoms with Crippen molar-refractivity contribution < 1.29 is 4.74 Å². The number of piperidine rings is 3. The lowest BCUT2D eigenvalue weighted by atomic mass is 9.58. The van der Waals surface area contributed by atoms with E-state index in [1.807, 2.05) is 0 Å². The topological polar surface area (TPSA) is 91.0 Å². The van der Waals surface area contributed by atoms with E-state index in [4.69, 9.17) is 10.5 Å². The van der Waals surface area contributed by atoms with Gasteiger partial charge in [-0.1, -0.05) is 6.92 Å². The largest absolute Gasteiger partial charge is 0.420 e. The third-order valence-electron chi connectivity index (χ3n) is 5.38. The van der Waals surface area contributed by atoms with Crippen molar-refractivity contribution in [1.82, 2.24) is 15.1 Å². The molecule has 3 fully saturated rings. The molecule has 1 unspecified atom stereocenters. The number of hydrogen-bond acceptors (Lipinski definition) is 5. The zero-order chi connectivity index (χ0) is 14.6. The highest BCUT2D eigenvalue weighted by molar-refractivity contribution is 5.56. The van der Waals surface area contributed by atoms with Gasteiger partial charge in [-0.2, -0.15) is 5.26 Å². The number of rotatable bonds is 1. The van der Waals surface area contributed by atoms with Crippen molar-refractivity contribution >= 4 is 0 Å². The quantitative estimate of drug-likeness (QED) is 0.804. The number of fused-ring (bicyclic) bond motifs is 3. The highest BCUT2D eigenvalue weighted by Gasteiger charge is 2.56. The predicted octanol–water partition coefficient (Wildman–Crippen LogP) is 1.02. The lowest BCUT2D eigenvalue weighted by molar-refractivity contribution is 0.0383. The molecule has 6 nitrogen and oxygen atoms in total. The number of nitriles is 1. The fraction of sp³-hybridized carbons (Fsp3) is 0.600. The summed E-state index contributed by atoms with van der Waals surface area (Å²) in [5.74, 6) is 1.24. The van der Waals surface area contributed by atoms with E-state index in [1.54, 1.807) is 0 Å². The maximum Gasteiger partial charge on any atom is 0.244 e. The number of ether oxygens (including phenoxy) is 1. The van der Waals surface area contributed by atoms with Crippen LogP contribution in [-0.2, 0) is 11.8 Å². The number of H-pyrrole nitrogens is 1. The molecule has 21 heavy (non-hydrogen) atoms. The van der Waals surface area contributed by atoms with Gasteiger partial charge in [0, 0.05) is 12.2 Å². The molecule has 3 N–H and O–H groups in total. The normalized spacial score (nSPS) is 33.7. The van der Waals surface area contributed by atoms with E-state index in [0.717, 1.165) is 50.2 Å². The van der Waals surface area contributed by atoms with Crippen molar-refractivity contribution in [3.63, 3.8) is 0 Å². The summed E-state index contributed by atoms with van der Waals surface area (Å²) in [5, 5.41) is 17.1. The highest BCUT2D eigenvalue weighted by atomic mass is 16.5. The number of aromatic amines is 1. The minimum absolute atomic E-state index is 0.230. The smallest absolute Gasteiger partial charge is 0.244 e. The lowest BCUT2D eigenvalue weighted by Gasteiger charge is -2.54. The molecule has 110 valence electrons. The molecule has 0 amide bonds. The van der Waals surface area contributed by atoms with Gasteiger partial charge in [0.05, 0.1) is 11.0 Å². The van der Waals surface area contributed by atoms with E-state index < -0.39 is 0 Å². The van der Waals surface area contributed by atoms with Crippen LogP contribution in [0, 0.1) is 17.2 Å². The minimum Gasteiger partial charge on any atom is -0.420 e. The van der Waals surface area contributed by atoms with E-state index in [2.05, 4.69) is 28.1 Å². The number of nitrogens with one attached hydrogen (secondary N) is 1. The lowest BCUT2D eigenvalue weighted by Crippen LogP contribution is -2.59. The second-order valence-electron chi connectivity index (χ2n) is 6.21. The number of nitrogens with zero attached hydrogens (tertiary/aromatic N) is 3. The molecule has 1 atom stereocenters. The molecule has 0 aliphatic carbocycles. The van der Waals surface area contributed by atoms with Crippen LogP contribution in [0.15, 0.2) is 11.5 Å². The molecule has 2 bridgehead atoms. The average Bonchev–Trinajstić information content (AvgIpc) is 2.92.